The number of nitrogens with zero attached hydrogens (tertiary/aromatic N) is 1. The van der Waals surface area contributed by atoms with Crippen molar-refractivity contribution in [1.82, 2.24) is 10.3 Å². The van der Waals surface area contributed by atoms with E-state index >= 15 is 0 Å². The van der Waals surface area contributed by atoms with Gasteiger partial charge in [-0.3, -0.25) is 4.98 Å². The quantitative estimate of drug-likeness (QED) is 0.917. The zero-order chi connectivity index (χ0) is 13.2. The summed E-state index contributed by atoms with van der Waals surface area (Å²) in [7, 11) is 2.03. The molecule has 2 heterocycles. The normalized spacial score (nSPS) is 24.7. The van der Waals surface area contributed by atoms with E-state index in [1.807, 2.05) is 19.3 Å². The Morgan fingerprint density at radius 2 is 2.21 bits per heavy atom. The fourth-order valence-corrected chi connectivity index (χ4v) is 3.13. The summed E-state index contributed by atoms with van der Waals surface area (Å²) in [5.41, 5.74) is 2.39. The van der Waals surface area contributed by atoms with Gasteiger partial charge in [-0.25, -0.2) is 0 Å². The monoisotopic (exact) mass is 256 g/mol. The zero-order valence-corrected chi connectivity index (χ0v) is 11.5. The molecule has 0 aliphatic carbocycles. The lowest BCUT2D eigenvalue weighted by molar-refractivity contribution is 0.117. The fraction of sp³-hybridized carbons (Fsp3) is 0.438. The van der Waals surface area contributed by atoms with Crippen LogP contribution in [0.3, 0.4) is 0 Å². The number of pyridine rings is 1. The summed E-state index contributed by atoms with van der Waals surface area (Å²) in [5.74, 6) is 0.533. The highest BCUT2D eigenvalue weighted by atomic mass is 16.5. The van der Waals surface area contributed by atoms with Crippen molar-refractivity contribution in [1.29, 1.82) is 0 Å². The summed E-state index contributed by atoms with van der Waals surface area (Å²) in [4.78, 5) is 4.44. The second-order valence-electron chi connectivity index (χ2n) is 5.32. The third kappa shape index (κ3) is 2.36. The molecule has 100 valence electrons. The number of hydrogen-bond acceptors (Lipinski definition) is 3. The maximum atomic E-state index is 5.73. The number of ether oxygens (including phenoxy) is 1. The molecule has 0 radical (unpaired) electrons. The van der Waals surface area contributed by atoms with E-state index < -0.39 is 0 Å². The van der Waals surface area contributed by atoms with Crippen LogP contribution in [-0.4, -0.2) is 24.7 Å². The molecular formula is C16H20N2O. The van der Waals surface area contributed by atoms with Gasteiger partial charge in [-0.05, 0) is 38.1 Å². The van der Waals surface area contributed by atoms with Gasteiger partial charge in [-0.1, -0.05) is 18.2 Å². The number of nitrogens with one attached hydrogen (secondary N) is 1. The maximum Gasteiger partial charge on any atom is 0.0705 e. The van der Waals surface area contributed by atoms with E-state index in [9.17, 15) is 0 Å². The first kappa shape index (κ1) is 12.6. The van der Waals surface area contributed by atoms with Crippen LogP contribution in [0.2, 0.25) is 0 Å². The molecule has 1 aromatic carbocycles. The summed E-state index contributed by atoms with van der Waals surface area (Å²) >= 11 is 0. The summed E-state index contributed by atoms with van der Waals surface area (Å²) in [5, 5.41) is 4.70. The van der Waals surface area contributed by atoms with Crippen molar-refractivity contribution in [2.45, 2.75) is 25.5 Å². The lowest BCUT2D eigenvalue weighted by Gasteiger charge is -2.23. The molecule has 1 N–H and O–H groups in total. The average Bonchev–Trinajstić information content (AvgIpc) is 2.86. The molecule has 1 saturated heterocycles. The molecule has 3 nitrogen and oxygen atoms in total. The van der Waals surface area contributed by atoms with E-state index in [1.54, 1.807) is 0 Å². The molecule has 0 saturated carbocycles. The van der Waals surface area contributed by atoms with Crippen LogP contribution in [-0.2, 0) is 4.74 Å². The van der Waals surface area contributed by atoms with Crippen LogP contribution in [0, 0.1) is 5.92 Å². The first-order valence-electron chi connectivity index (χ1n) is 6.92. The molecule has 1 aliphatic rings. The van der Waals surface area contributed by atoms with Crippen molar-refractivity contribution in [3.63, 3.8) is 0 Å². The largest absolute Gasteiger partial charge is 0.378 e. The SMILES string of the molecule is CNC(c1cccc2ncccc12)C1COC(C)C1. The highest BCUT2D eigenvalue weighted by Crippen LogP contribution is 2.34. The van der Waals surface area contributed by atoms with Crippen LogP contribution >= 0.6 is 0 Å². The topological polar surface area (TPSA) is 34.2 Å². The molecule has 3 heteroatoms. The summed E-state index contributed by atoms with van der Waals surface area (Å²) in [6.07, 6.45) is 3.33. The van der Waals surface area contributed by atoms with Gasteiger partial charge < -0.3 is 10.1 Å². The first-order valence-corrected chi connectivity index (χ1v) is 6.92. The van der Waals surface area contributed by atoms with Gasteiger partial charge in [0.05, 0.1) is 18.2 Å². The van der Waals surface area contributed by atoms with Gasteiger partial charge in [0.15, 0.2) is 0 Å². The van der Waals surface area contributed by atoms with Crippen molar-refractivity contribution in [2.75, 3.05) is 13.7 Å². The minimum Gasteiger partial charge on any atom is -0.378 e. The van der Waals surface area contributed by atoms with E-state index in [0.717, 1.165) is 18.5 Å². The lowest BCUT2D eigenvalue weighted by Crippen LogP contribution is -2.26. The minimum atomic E-state index is 0.331. The van der Waals surface area contributed by atoms with Crippen molar-refractivity contribution < 1.29 is 4.74 Å². The van der Waals surface area contributed by atoms with E-state index in [-0.39, 0.29) is 0 Å². The van der Waals surface area contributed by atoms with Crippen LogP contribution in [0.4, 0.5) is 0 Å². The average molecular weight is 256 g/mol. The molecule has 3 atom stereocenters. The zero-order valence-electron chi connectivity index (χ0n) is 11.5. The van der Waals surface area contributed by atoms with Crippen molar-refractivity contribution in [3.8, 4) is 0 Å². The van der Waals surface area contributed by atoms with E-state index in [4.69, 9.17) is 4.74 Å². The smallest absolute Gasteiger partial charge is 0.0705 e. The number of aromatic nitrogens is 1. The Balaban J connectivity index is 2.01. The third-order valence-electron chi connectivity index (χ3n) is 4.03. The van der Waals surface area contributed by atoms with Crippen molar-refractivity contribution in [2.24, 2.45) is 5.92 Å². The summed E-state index contributed by atoms with van der Waals surface area (Å²) in [6.45, 7) is 2.99. The van der Waals surface area contributed by atoms with Crippen LogP contribution < -0.4 is 5.32 Å². The number of hydrogen-bond donors (Lipinski definition) is 1. The molecule has 1 fully saturated rings. The van der Waals surface area contributed by atoms with E-state index in [2.05, 4.69) is 41.5 Å². The van der Waals surface area contributed by atoms with Gasteiger partial charge >= 0.3 is 0 Å². The molecule has 0 bridgehead atoms. The van der Waals surface area contributed by atoms with Crippen molar-refractivity contribution >= 4 is 10.9 Å². The molecule has 1 aromatic heterocycles. The standard InChI is InChI=1S/C16H20N2O/c1-11-9-12(10-19-11)16(17-2)14-5-3-7-15-13(14)6-4-8-18-15/h3-8,11-12,16-17H,9-10H2,1-2H3. The molecule has 0 amide bonds. The van der Waals surface area contributed by atoms with Gasteiger partial charge in [-0.15, -0.1) is 0 Å². The van der Waals surface area contributed by atoms with Gasteiger partial charge in [0.2, 0.25) is 0 Å². The van der Waals surface area contributed by atoms with Gasteiger partial charge in [0.1, 0.15) is 0 Å². The summed E-state index contributed by atoms with van der Waals surface area (Å²) < 4.78 is 5.73. The van der Waals surface area contributed by atoms with Crippen LogP contribution in [0.25, 0.3) is 10.9 Å². The molecule has 1 aliphatic heterocycles. The Labute approximate surface area is 114 Å². The molecule has 0 spiro atoms. The fourth-order valence-electron chi connectivity index (χ4n) is 3.13. The van der Waals surface area contributed by atoms with Crippen LogP contribution in [0.5, 0.6) is 0 Å². The number of fused-ring (bicyclic) bond motifs is 1. The Morgan fingerprint density at radius 1 is 1.32 bits per heavy atom. The Morgan fingerprint density at radius 3 is 2.95 bits per heavy atom. The molecule has 3 unspecified atom stereocenters. The maximum absolute atomic E-state index is 5.73. The number of benzene rings is 1. The summed E-state index contributed by atoms with van der Waals surface area (Å²) in [6, 6.07) is 10.9. The second-order valence-corrected chi connectivity index (χ2v) is 5.32. The number of rotatable bonds is 3. The van der Waals surface area contributed by atoms with Gasteiger partial charge in [0.25, 0.3) is 0 Å². The minimum absolute atomic E-state index is 0.331. The Bertz CT molecular complexity index is 564. The molecule has 3 rings (SSSR count). The predicted octanol–water partition coefficient (Wildman–Crippen LogP) is 2.92. The van der Waals surface area contributed by atoms with Crippen molar-refractivity contribution in [3.05, 3.63) is 42.1 Å². The Kier molecular flexibility index (Phi) is 3.49. The molecular weight excluding hydrogens is 236 g/mol. The van der Waals surface area contributed by atoms with Gasteiger partial charge in [0, 0.05) is 23.5 Å². The predicted molar refractivity (Wildman–Crippen MR) is 77.1 cm³/mol. The third-order valence-corrected chi connectivity index (χ3v) is 4.03. The van der Waals surface area contributed by atoms with Crippen LogP contribution in [0.1, 0.15) is 24.9 Å². The highest BCUT2D eigenvalue weighted by molar-refractivity contribution is 5.82. The van der Waals surface area contributed by atoms with E-state index in [1.165, 1.54) is 10.9 Å². The first-order chi connectivity index (χ1) is 9.29. The van der Waals surface area contributed by atoms with Gasteiger partial charge in [-0.2, -0.15) is 0 Å². The Hall–Kier alpha value is -1.45. The highest BCUT2D eigenvalue weighted by Gasteiger charge is 2.30. The second kappa shape index (κ2) is 5.27. The molecule has 2 aromatic rings. The molecule has 19 heavy (non-hydrogen) atoms. The lowest BCUT2D eigenvalue weighted by atomic mass is 9.89. The van der Waals surface area contributed by atoms with Crippen LogP contribution in [0.15, 0.2) is 36.5 Å². The van der Waals surface area contributed by atoms with E-state index in [0.29, 0.717) is 18.1 Å².